The zero-order valence-electron chi connectivity index (χ0n) is 23.3. The monoisotopic (exact) mass is 603 g/mol. The molecule has 0 spiro atoms. The minimum atomic E-state index is -4.13. The number of carbonyl (C=O) groups excluding carboxylic acids is 2. The van der Waals surface area contributed by atoms with E-state index >= 15 is 0 Å². The van der Waals surface area contributed by atoms with E-state index in [9.17, 15) is 18.0 Å². The Bertz CT molecular complexity index is 1460. The molecular formula is C30H35Cl2N3O4S. The molecule has 10 heteroatoms. The first-order valence-corrected chi connectivity index (χ1v) is 15.1. The van der Waals surface area contributed by atoms with E-state index in [-0.39, 0.29) is 17.3 Å². The van der Waals surface area contributed by atoms with Gasteiger partial charge in [-0.3, -0.25) is 13.9 Å². The van der Waals surface area contributed by atoms with Crippen molar-refractivity contribution in [2.45, 2.75) is 64.1 Å². The Kier molecular flexibility index (Phi) is 10.3. The van der Waals surface area contributed by atoms with Crippen LogP contribution in [-0.2, 0) is 32.6 Å². The van der Waals surface area contributed by atoms with Crippen LogP contribution >= 0.6 is 23.2 Å². The van der Waals surface area contributed by atoms with Crippen molar-refractivity contribution >= 4 is 50.7 Å². The topological polar surface area (TPSA) is 86.8 Å². The number of amides is 2. The van der Waals surface area contributed by atoms with Crippen molar-refractivity contribution in [1.82, 2.24) is 10.2 Å². The molecule has 0 aliphatic carbocycles. The third-order valence-corrected chi connectivity index (χ3v) is 8.77. The summed E-state index contributed by atoms with van der Waals surface area (Å²) < 4.78 is 29.0. The molecule has 3 aromatic carbocycles. The van der Waals surface area contributed by atoms with Gasteiger partial charge in [-0.1, -0.05) is 72.6 Å². The van der Waals surface area contributed by atoms with Crippen LogP contribution in [0.5, 0.6) is 0 Å². The standard InChI is InChI=1S/C30H35Cl2N3O4S/c1-6-23-12-10-11-15-27(23)35(40(38,39)24-13-8-7-9-14-24)20-28(36)34(21(2)29(37)33-30(3,4)5)19-22-16-17-25(31)26(32)18-22/h7-18,21H,6,19-20H2,1-5H3,(H,33,37)/t21-/m1/s1. The zero-order chi connectivity index (χ0) is 29.7. The van der Waals surface area contributed by atoms with Crippen LogP contribution in [0.25, 0.3) is 0 Å². The first kappa shape index (κ1) is 31.5. The van der Waals surface area contributed by atoms with Gasteiger partial charge in [0, 0.05) is 12.1 Å². The molecule has 1 N–H and O–H groups in total. The Labute approximate surface area is 247 Å². The van der Waals surface area contributed by atoms with Gasteiger partial charge in [0.25, 0.3) is 10.0 Å². The molecule has 0 unspecified atom stereocenters. The number of hydrogen-bond acceptors (Lipinski definition) is 4. The van der Waals surface area contributed by atoms with Crippen LogP contribution in [0.2, 0.25) is 10.0 Å². The molecule has 0 saturated carbocycles. The molecule has 0 aliphatic rings. The number of carbonyl (C=O) groups is 2. The van der Waals surface area contributed by atoms with Gasteiger partial charge in [-0.25, -0.2) is 8.42 Å². The lowest BCUT2D eigenvalue weighted by Gasteiger charge is -2.34. The average Bonchev–Trinajstić information content (AvgIpc) is 2.91. The summed E-state index contributed by atoms with van der Waals surface area (Å²) in [4.78, 5) is 28.7. The molecule has 40 heavy (non-hydrogen) atoms. The van der Waals surface area contributed by atoms with E-state index in [2.05, 4.69) is 5.32 Å². The molecule has 0 aliphatic heterocycles. The molecule has 0 saturated heterocycles. The lowest BCUT2D eigenvalue weighted by Crippen LogP contribution is -2.54. The summed E-state index contributed by atoms with van der Waals surface area (Å²) in [7, 11) is -4.13. The third-order valence-electron chi connectivity index (χ3n) is 6.25. The van der Waals surface area contributed by atoms with E-state index in [1.807, 2.05) is 39.8 Å². The second kappa shape index (κ2) is 13.1. The number of para-hydroxylation sites is 1. The van der Waals surface area contributed by atoms with Crippen LogP contribution < -0.4 is 9.62 Å². The zero-order valence-corrected chi connectivity index (χ0v) is 25.6. The van der Waals surface area contributed by atoms with Crippen molar-refractivity contribution in [3.05, 3.63) is 94.0 Å². The van der Waals surface area contributed by atoms with E-state index < -0.39 is 34.1 Å². The van der Waals surface area contributed by atoms with E-state index in [0.29, 0.717) is 27.7 Å². The van der Waals surface area contributed by atoms with Crippen molar-refractivity contribution in [2.75, 3.05) is 10.8 Å². The highest BCUT2D eigenvalue weighted by Crippen LogP contribution is 2.29. The maximum absolute atomic E-state index is 14.1. The molecule has 0 fully saturated rings. The van der Waals surface area contributed by atoms with E-state index in [4.69, 9.17) is 23.2 Å². The van der Waals surface area contributed by atoms with Crippen molar-refractivity contribution in [3.8, 4) is 0 Å². The van der Waals surface area contributed by atoms with Gasteiger partial charge in [0.2, 0.25) is 11.8 Å². The van der Waals surface area contributed by atoms with Crippen LogP contribution in [0.3, 0.4) is 0 Å². The van der Waals surface area contributed by atoms with Crippen molar-refractivity contribution in [1.29, 1.82) is 0 Å². The molecule has 3 rings (SSSR count). The Morgan fingerprint density at radius 1 is 0.925 bits per heavy atom. The maximum Gasteiger partial charge on any atom is 0.264 e. The Balaban J connectivity index is 2.08. The Hall–Kier alpha value is -3.07. The molecule has 214 valence electrons. The van der Waals surface area contributed by atoms with Gasteiger partial charge in [0.15, 0.2) is 0 Å². The number of sulfonamides is 1. The fourth-order valence-electron chi connectivity index (χ4n) is 4.18. The van der Waals surface area contributed by atoms with Crippen molar-refractivity contribution in [3.63, 3.8) is 0 Å². The fourth-order valence-corrected chi connectivity index (χ4v) is 5.97. The first-order chi connectivity index (χ1) is 18.7. The summed E-state index contributed by atoms with van der Waals surface area (Å²) in [6.45, 7) is 8.58. The number of benzene rings is 3. The van der Waals surface area contributed by atoms with Gasteiger partial charge in [0.1, 0.15) is 12.6 Å². The lowest BCUT2D eigenvalue weighted by molar-refractivity contribution is -0.140. The summed E-state index contributed by atoms with van der Waals surface area (Å²) in [6, 6.07) is 19.1. The highest BCUT2D eigenvalue weighted by atomic mass is 35.5. The average molecular weight is 605 g/mol. The predicted molar refractivity (Wildman–Crippen MR) is 161 cm³/mol. The summed E-state index contributed by atoms with van der Waals surface area (Å²) in [5.41, 5.74) is 1.28. The largest absolute Gasteiger partial charge is 0.350 e. The van der Waals surface area contributed by atoms with Crippen LogP contribution in [0, 0.1) is 0 Å². The van der Waals surface area contributed by atoms with Crippen molar-refractivity contribution < 1.29 is 18.0 Å². The minimum Gasteiger partial charge on any atom is -0.350 e. The van der Waals surface area contributed by atoms with Crippen LogP contribution in [0.4, 0.5) is 5.69 Å². The quantitative estimate of drug-likeness (QED) is 0.304. The molecule has 0 aromatic heterocycles. The summed E-state index contributed by atoms with van der Waals surface area (Å²) in [5.74, 6) is -0.916. The van der Waals surface area contributed by atoms with Crippen LogP contribution in [-0.4, -0.2) is 43.3 Å². The molecule has 0 heterocycles. The van der Waals surface area contributed by atoms with E-state index in [1.165, 1.54) is 17.0 Å². The van der Waals surface area contributed by atoms with Gasteiger partial charge >= 0.3 is 0 Å². The second-order valence-corrected chi connectivity index (χ2v) is 13.2. The molecule has 7 nitrogen and oxygen atoms in total. The molecule has 1 atom stereocenters. The van der Waals surface area contributed by atoms with Crippen LogP contribution in [0.15, 0.2) is 77.7 Å². The van der Waals surface area contributed by atoms with E-state index in [1.54, 1.807) is 55.5 Å². The lowest BCUT2D eigenvalue weighted by atomic mass is 10.1. The number of aryl methyl sites for hydroxylation is 1. The van der Waals surface area contributed by atoms with Gasteiger partial charge in [-0.15, -0.1) is 0 Å². The number of nitrogens with zero attached hydrogens (tertiary/aromatic N) is 2. The smallest absolute Gasteiger partial charge is 0.264 e. The molecule has 3 aromatic rings. The first-order valence-electron chi connectivity index (χ1n) is 13.0. The number of anilines is 1. The minimum absolute atomic E-state index is 0.0170. The molecular weight excluding hydrogens is 569 g/mol. The SMILES string of the molecule is CCc1ccccc1N(CC(=O)N(Cc1ccc(Cl)c(Cl)c1)[C@H](C)C(=O)NC(C)(C)C)S(=O)(=O)c1ccccc1. The summed E-state index contributed by atoms with van der Waals surface area (Å²) in [5, 5.41) is 3.58. The van der Waals surface area contributed by atoms with Crippen LogP contribution in [0.1, 0.15) is 45.7 Å². The van der Waals surface area contributed by atoms with Crippen molar-refractivity contribution in [2.24, 2.45) is 0 Å². The maximum atomic E-state index is 14.1. The fraction of sp³-hybridized carbons (Fsp3) is 0.333. The number of hydrogen-bond donors (Lipinski definition) is 1. The number of nitrogens with one attached hydrogen (secondary N) is 1. The predicted octanol–water partition coefficient (Wildman–Crippen LogP) is 6.08. The van der Waals surface area contributed by atoms with Gasteiger partial charge in [-0.2, -0.15) is 0 Å². The van der Waals surface area contributed by atoms with Gasteiger partial charge < -0.3 is 10.2 Å². The second-order valence-electron chi connectivity index (χ2n) is 10.5. The normalized spacial score (nSPS) is 12.5. The highest BCUT2D eigenvalue weighted by molar-refractivity contribution is 7.92. The third kappa shape index (κ3) is 7.77. The summed E-state index contributed by atoms with van der Waals surface area (Å²) in [6.07, 6.45) is 0.558. The Morgan fingerprint density at radius 3 is 2.15 bits per heavy atom. The molecule has 0 bridgehead atoms. The molecule has 0 radical (unpaired) electrons. The molecule has 2 amide bonds. The Morgan fingerprint density at radius 2 is 1.55 bits per heavy atom. The van der Waals surface area contributed by atoms with Gasteiger partial charge in [0.05, 0.1) is 20.6 Å². The number of halogens is 2. The van der Waals surface area contributed by atoms with Gasteiger partial charge in [-0.05, 0) is 75.6 Å². The highest BCUT2D eigenvalue weighted by Gasteiger charge is 2.34. The number of rotatable bonds is 10. The van der Waals surface area contributed by atoms with E-state index in [0.717, 1.165) is 9.87 Å². The summed E-state index contributed by atoms with van der Waals surface area (Å²) >= 11 is 12.3.